The van der Waals surface area contributed by atoms with E-state index in [1.165, 1.54) is 11.1 Å². The molecular formula is C19H29N. The van der Waals surface area contributed by atoms with Gasteiger partial charge in [-0.05, 0) is 18.8 Å². The van der Waals surface area contributed by atoms with Gasteiger partial charge in [0.15, 0.2) is 0 Å². The second-order valence-electron chi connectivity index (χ2n) is 7.07. The molecule has 1 heteroatoms. The summed E-state index contributed by atoms with van der Waals surface area (Å²) < 4.78 is 0. The lowest BCUT2D eigenvalue weighted by molar-refractivity contribution is 0.166. The third kappa shape index (κ3) is 3.52. The maximum atomic E-state index is 4.31. The van der Waals surface area contributed by atoms with Crippen LogP contribution in [0.5, 0.6) is 0 Å². The first-order valence-electron chi connectivity index (χ1n) is 7.84. The van der Waals surface area contributed by atoms with Crippen molar-refractivity contribution in [3.63, 3.8) is 0 Å². The second kappa shape index (κ2) is 6.13. The van der Waals surface area contributed by atoms with Gasteiger partial charge in [-0.15, -0.1) is 0 Å². The van der Waals surface area contributed by atoms with Crippen LogP contribution in [-0.4, -0.2) is 24.5 Å². The molecular weight excluding hydrogens is 242 g/mol. The molecule has 0 radical (unpaired) electrons. The Morgan fingerprint density at radius 3 is 2.80 bits per heavy atom. The van der Waals surface area contributed by atoms with Gasteiger partial charge >= 0.3 is 0 Å². The minimum atomic E-state index is 0.289. The molecule has 1 fully saturated rings. The quantitative estimate of drug-likeness (QED) is 0.675. The van der Waals surface area contributed by atoms with Gasteiger partial charge in [0.25, 0.3) is 0 Å². The van der Waals surface area contributed by atoms with E-state index < -0.39 is 0 Å². The van der Waals surface area contributed by atoms with Crippen molar-refractivity contribution in [3.8, 4) is 0 Å². The van der Waals surface area contributed by atoms with Crippen LogP contribution in [0.2, 0.25) is 0 Å². The molecule has 2 aliphatic rings. The Kier molecular flexibility index (Phi) is 4.70. The van der Waals surface area contributed by atoms with Gasteiger partial charge in [0, 0.05) is 31.0 Å². The van der Waals surface area contributed by atoms with E-state index in [4.69, 9.17) is 0 Å². The molecule has 0 aromatic carbocycles. The highest BCUT2D eigenvalue weighted by Crippen LogP contribution is 2.34. The van der Waals surface area contributed by atoms with Gasteiger partial charge in [-0.3, -0.25) is 0 Å². The predicted octanol–water partition coefficient (Wildman–Crippen LogP) is 4.60. The molecule has 0 bridgehead atoms. The molecule has 0 amide bonds. The van der Waals surface area contributed by atoms with Gasteiger partial charge in [0.1, 0.15) is 0 Å². The molecule has 1 saturated heterocycles. The molecule has 1 nitrogen and oxygen atoms in total. The van der Waals surface area contributed by atoms with Crippen LogP contribution in [0.1, 0.15) is 33.6 Å². The van der Waals surface area contributed by atoms with Crippen LogP contribution in [0.3, 0.4) is 0 Å². The van der Waals surface area contributed by atoms with Crippen LogP contribution in [-0.2, 0) is 0 Å². The first kappa shape index (κ1) is 15.3. The van der Waals surface area contributed by atoms with Crippen molar-refractivity contribution in [2.75, 3.05) is 19.6 Å². The van der Waals surface area contributed by atoms with Gasteiger partial charge in [-0.25, -0.2) is 0 Å². The standard InChI is InChI=1S/C19H29N/c1-15(2)17(4)18-13-20(12-9-16(18)3)14-19(5)10-7-6-8-11-19/h6-8,10,15,18H,3-4,9,11-14H2,1-2,5H3. The van der Waals surface area contributed by atoms with Crippen molar-refractivity contribution in [3.05, 3.63) is 48.6 Å². The Labute approximate surface area is 124 Å². The third-order valence-corrected chi connectivity index (χ3v) is 4.79. The van der Waals surface area contributed by atoms with Gasteiger partial charge in [0.2, 0.25) is 0 Å². The maximum absolute atomic E-state index is 4.31. The summed E-state index contributed by atoms with van der Waals surface area (Å²) in [5.74, 6) is 1.03. The summed E-state index contributed by atoms with van der Waals surface area (Å²) in [5, 5.41) is 0. The van der Waals surface area contributed by atoms with Crippen molar-refractivity contribution in [2.24, 2.45) is 17.3 Å². The molecule has 2 atom stereocenters. The molecule has 0 spiro atoms. The first-order valence-corrected chi connectivity index (χ1v) is 7.84. The van der Waals surface area contributed by atoms with Crippen molar-refractivity contribution in [1.29, 1.82) is 0 Å². The molecule has 1 aliphatic heterocycles. The molecule has 2 rings (SSSR count). The Morgan fingerprint density at radius 2 is 2.20 bits per heavy atom. The Morgan fingerprint density at radius 1 is 1.45 bits per heavy atom. The fourth-order valence-electron chi connectivity index (χ4n) is 3.28. The Balaban J connectivity index is 2.00. The van der Waals surface area contributed by atoms with Crippen LogP contribution in [0, 0.1) is 17.3 Å². The lowest BCUT2D eigenvalue weighted by atomic mass is 9.79. The van der Waals surface area contributed by atoms with Gasteiger partial charge < -0.3 is 4.90 Å². The van der Waals surface area contributed by atoms with Crippen molar-refractivity contribution < 1.29 is 0 Å². The molecule has 0 saturated carbocycles. The summed E-state index contributed by atoms with van der Waals surface area (Å²) in [6.07, 6.45) is 11.3. The molecule has 0 aromatic heterocycles. The molecule has 0 N–H and O–H groups in total. The van der Waals surface area contributed by atoms with Crippen LogP contribution < -0.4 is 0 Å². The van der Waals surface area contributed by atoms with Crippen molar-refractivity contribution in [1.82, 2.24) is 4.90 Å². The molecule has 110 valence electrons. The zero-order valence-corrected chi connectivity index (χ0v) is 13.4. The summed E-state index contributed by atoms with van der Waals surface area (Å²) in [6.45, 7) is 18.8. The summed E-state index contributed by atoms with van der Waals surface area (Å²) in [4.78, 5) is 2.61. The average molecular weight is 271 g/mol. The number of allylic oxidation sites excluding steroid dienone is 3. The minimum absolute atomic E-state index is 0.289. The highest BCUT2D eigenvalue weighted by molar-refractivity contribution is 5.22. The van der Waals surface area contributed by atoms with E-state index in [0.29, 0.717) is 11.8 Å². The molecule has 1 aliphatic carbocycles. The van der Waals surface area contributed by atoms with E-state index in [9.17, 15) is 0 Å². The highest BCUT2D eigenvalue weighted by atomic mass is 15.1. The topological polar surface area (TPSA) is 3.24 Å². The van der Waals surface area contributed by atoms with Crippen LogP contribution in [0.25, 0.3) is 0 Å². The molecule has 2 unspecified atom stereocenters. The van der Waals surface area contributed by atoms with E-state index in [0.717, 1.165) is 32.5 Å². The summed E-state index contributed by atoms with van der Waals surface area (Å²) in [7, 11) is 0. The molecule has 0 aromatic rings. The predicted molar refractivity (Wildman–Crippen MR) is 88.7 cm³/mol. The largest absolute Gasteiger partial charge is 0.301 e. The van der Waals surface area contributed by atoms with Crippen molar-refractivity contribution in [2.45, 2.75) is 33.6 Å². The van der Waals surface area contributed by atoms with E-state index in [-0.39, 0.29) is 5.41 Å². The number of nitrogens with zero attached hydrogens (tertiary/aromatic N) is 1. The number of piperidine rings is 1. The Hall–Kier alpha value is -1.08. The molecule has 1 heterocycles. The summed E-state index contributed by atoms with van der Waals surface area (Å²) in [6, 6.07) is 0. The normalized spacial score (nSPS) is 31.0. The van der Waals surface area contributed by atoms with E-state index >= 15 is 0 Å². The van der Waals surface area contributed by atoms with Crippen LogP contribution in [0.15, 0.2) is 48.6 Å². The van der Waals surface area contributed by atoms with Gasteiger partial charge in [0.05, 0.1) is 0 Å². The second-order valence-corrected chi connectivity index (χ2v) is 7.07. The van der Waals surface area contributed by atoms with E-state index in [2.05, 4.69) is 63.1 Å². The number of hydrogen-bond acceptors (Lipinski definition) is 1. The third-order valence-electron chi connectivity index (χ3n) is 4.79. The summed E-state index contributed by atoms with van der Waals surface area (Å²) in [5.41, 5.74) is 3.02. The van der Waals surface area contributed by atoms with E-state index in [1.54, 1.807) is 0 Å². The number of hydrogen-bond donors (Lipinski definition) is 0. The van der Waals surface area contributed by atoms with Crippen molar-refractivity contribution >= 4 is 0 Å². The smallest absolute Gasteiger partial charge is 0.0132 e. The lowest BCUT2D eigenvalue weighted by Gasteiger charge is -2.40. The zero-order valence-electron chi connectivity index (χ0n) is 13.4. The zero-order chi connectivity index (χ0) is 14.8. The minimum Gasteiger partial charge on any atom is -0.301 e. The average Bonchev–Trinajstić information content (AvgIpc) is 2.40. The fraction of sp³-hybridized carbons (Fsp3) is 0.579. The highest BCUT2D eigenvalue weighted by Gasteiger charge is 2.30. The number of rotatable bonds is 4. The SMILES string of the molecule is C=C1CCN(CC2(C)C=CC=CC2)CC1C(=C)C(C)C. The van der Waals surface area contributed by atoms with Gasteiger partial charge in [-0.1, -0.05) is 69.4 Å². The van der Waals surface area contributed by atoms with Crippen LogP contribution in [0.4, 0.5) is 0 Å². The lowest BCUT2D eigenvalue weighted by Crippen LogP contribution is -2.43. The molecule has 20 heavy (non-hydrogen) atoms. The van der Waals surface area contributed by atoms with Crippen LogP contribution >= 0.6 is 0 Å². The van der Waals surface area contributed by atoms with Gasteiger partial charge in [-0.2, -0.15) is 0 Å². The fourth-order valence-corrected chi connectivity index (χ4v) is 3.28. The monoisotopic (exact) mass is 271 g/mol. The maximum Gasteiger partial charge on any atom is 0.0132 e. The first-order chi connectivity index (χ1) is 9.41. The Bertz CT molecular complexity index is 441. The summed E-state index contributed by atoms with van der Waals surface area (Å²) >= 11 is 0. The van der Waals surface area contributed by atoms with E-state index in [1.807, 2.05) is 0 Å². The number of likely N-dealkylation sites (tertiary alicyclic amines) is 1.